The Bertz CT molecular complexity index is 1000. The smallest absolute Gasteiger partial charge is 0.236 e. The van der Waals surface area contributed by atoms with E-state index in [4.69, 9.17) is 0 Å². The number of hydrogen-bond donors (Lipinski definition) is 1. The number of aryl methyl sites for hydroxylation is 1. The third kappa shape index (κ3) is 3.15. The predicted molar refractivity (Wildman–Crippen MR) is 103 cm³/mol. The maximum Gasteiger partial charge on any atom is 0.236 e. The Morgan fingerprint density at radius 1 is 1.08 bits per heavy atom. The number of rotatable bonds is 4. The predicted octanol–water partition coefficient (Wildman–Crippen LogP) is 4.95. The molecule has 2 aromatic carbocycles. The Hall–Kier alpha value is -1.96. The first-order chi connectivity index (χ1) is 11.7. The van der Waals surface area contributed by atoms with Crippen LogP contribution in [0.25, 0.3) is 20.4 Å². The molecule has 24 heavy (non-hydrogen) atoms. The van der Waals surface area contributed by atoms with Crippen molar-refractivity contribution in [3.8, 4) is 0 Å². The lowest BCUT2D eigenvalue weighted by molar-refractivity contribution is -0.113. The summed E-state index contributed by atoms with van der Waals surface area (Å²) in [6.07, 6.45) is 0. The highest BCUT2D eigenvalue weighted by Crippen LogP contribution is 2.30. The largest absolute Gasteiger partial charge is 0.301 e. The van der Waals surface area contributed by atoms with Crippen LogP contribution in [0.3, 0.4) is 0 Å². The summed E-state index contributed by atoms with van der Waals surface area (Å²) in [6.45, 7) is 2.02. The van der Waals surface area contributed by atoms with Crippen molar-refractivity contribution in [2.75, 3.05) is 11.1 Å². The summed E-state index contributed by atoms with van der Waals surface area (Å²) >= 11 is 4.57. The number of nitrogens with zero attached hydrogens (tertiary/aromatic N) is 2. The quantitative estimate of drug-likeness (QED) is 0.516. The molecule has 1 N–H and O–H groups in total. The minimum absolute atomic E-state index is 0.0593. The maximum absolute atomic E-state index is 12.2. The number of amides is 1. The first-order valence-corrected chi connectivity index (χ1v) is 9.95. The molecule has 0 unspecified atom stereocenters. The van der Waals surface area contributed by atoms with Crippen molar-refractivity contribution < 1.29 is 4.79 Å². The molecule has 0 aliphatic heterocycles. The van der Waals surface area contributed by atoms with Crippen LogP contribution in [-0.4, -0.2) is 21.6 Å². The molecule has 0 saturated carbocycles. The summed E-state index contributed by atoms with van der Waals surface area (Å²) in [7, 11) is 0. The van der Waals surface area contributed by atoms with Gasteiger partial charge in [-0.05, 0) is 30.7 Å². The Balaban J connectivity index is 1.43. The molecule has 0 fully saturated rings. The van der Waals surface area contributed by atoms with Gasteiger partial charge in [-0.1, -0.05) is 47.4 Å². The number of carbonyl (C=O) groups excluding carboxylic acids is 1. The van der Waals surface area contributed by atoms with E-state index in [1.807, 2.05) is 49.4 Å². The maximum atomic E-state index is 12.2. The van der Waals surface area contributed by atoms with E-state index >= 15 is 0 Å². The van der Waals surface area contributed by atoms with Gasteiger partial charge in [0.05, 0.1) is 26.2 Å². The molecule has 7 heteroatoms. The highest BCUT2D eigenvalue weighted by Gasteiger charge is 2.11. The van der Waals surface area contributed by atoms with Crippen LogP contribution in [0.4, 0.5) is 5.13 Å². The fourth-order valence-corrected chi connectivity index (χ4v) is 5.16. The van der Waals surface area contributed by atoms with E-state index in [-0.39, 0.29) is 5.91 Å². The van der Waals surface area contributed by atoms with Crippen molar-refractivity contribution in [2.45, 2.75) is 11.3 Å². The minimum atomic E-state index is -0.0593. The molecule has 0 aliphatic rings. The number of fused-ring (bicyclic) bond motifs is 2. The number of anilines is 1. The SMILES string of the molecule is Cc1cccc2sc(NC(=O)CSc3nc4ccccc4s3)nc12. The van der Waals surface area contributed by atoms with Gasteiger partial charge in [0, 0.05) is 0 Å². The Morgan fingerprint density at radius 2 is 1.92 bits per heavy atom. The van der Waals surface area contributed by atoms with Crippen molar-refractivity contribution in [1.82, 2.24) is 9.97 Å². The van der Waals surface area contributed by atoms with Crippen LogP contribution in [0.2, 0.25) is 0 Å². The average molecular weight is 372 g/mol. The van der Waals surface area contributed by atoms with Gasteiger partial charge < -0.3 is 5.32 Å². The molecule has 2 heterocycles. The van der Waals surface area contributed by atoms with Gasteiger partial charge in [-0.2, -0.15) is 0 Å². The number of carbonyl (C=O) groups is 1. The Kier molecular flexibility index (Phi) is 4.22. The number of hydrogen-bond acceptors (Lipinski definition) is 6. The molecular formula is C17H13N3OS3. The number of benzene rings is 2. The van der Waals surface area contributed by atoms with Crippen LogP contribution < -0.4 is 5.32 Å². The third-order valence-corrected chi connectivity index (χ3v) is 6.58. The van der Waals surface area contributed by atoms with Crippen LogP contribution in [0, 0.1) is 6.92 Å². The summed E-state index contributed by atoms with van der Waals surface area (Å²) in [6, 6.07) is 14.0. The van der Waals surface area contributed by atoms with Gasteiger partial charge >= 0.3 is 0 Å². The van der Waals surface area contributed by atoms with Gasteiger partial charge in [0.25, 0.3) is 0 Å². The van der Waals surface area contributed by atoms with E-state index in [9.17, 15) is 4.79 Å². The second-order valence-corrected chi connectivity index (χ2v) is 8.51. The first kappa shape index (κ1) is 15.6. The number of thiazole rings is 2. The number of nitrogens with one attached hydrogen (secondary N) is 1. The molecule has 0 saturated heterocycles. The normalized spacial score (nSPS) is 11.2. The fraction of sp³-hybridized carbons (Fsp3) is 0.118. The van der Waals surface area contributed by atoms with Crippen molar-refractivity contribution in [2.24, 2.45) is 0 Å². The topological polar surface area (TPSA) is 54.9 Å². The van der Waals surface area contributed by atoms with E-state index in [1.165, 1.54) is 23.1 Å². The van der Waals surface area contributed by atoms with Crippen molar-refractivity contribution in [3.05, 3.63) is 48.0 Å². The Morgan fingerprint density at radius 3 is 2.75 bits per heavy atom. The molecule has 120 valence electrons. The zero-order valence-corrected chi connectivity index (χ0v) is 15.2. The summed E-state index contributed by atoms with van der Waals surface area (Å²) in [4.78, 5) is 21.2. The van der Waals surface area contributed by atoms with Gasteiger partial charge in [-0.25, -0.2) is 9.97 Å². The lowest BCUT2D eigenvalue weighted by Crippen LogP contribution is -2.13. The van der Waals surface area contributed by atoms with E-state index in [2.05, 4.69) is 15.3 Å². The second-order valence-electron chi connectivity index (χ2n) is 5.23. The zero-order chi connectivity index (χ0) is 16.5. The van der Waals surface area contributed by atoms with Crippen molar-refractivity contribution in [1.29, 1.82) is 0 Å². The molecular weight excluding hydrogens is 358 g/mol. The van der Waals surface area contributed by atoms with Gasteiger partial charge in [-0.3, -0.25) is 4.79 Å². The third-order valence-electron chi connectivity index (χ3n) is 3.47. The second kappa shape index (κ2) is 6.51. The van der Waals surface area contributed by atoms with Gasteiger partial charge in [0.2, 0.25) is 5.91 Å². The minimum Gasteiger partial charge on any atom is -0.301 e. The van der Waals surface area contributed by atoms with Gasteiger partial charge in [-0.15, -0.1) is 11.3 Å². The van der Waals surface area contributed by atoms with E-state index in [1.54, 1.807) is 11.3 Å². The molecule has 0 atom stereocenters. The molecule has 0 radical (unpaired) electrons. The first-order valence-electron chi connectivity index (χ1n) is 7.33. The van der Waals surface area contributed by atoms with Gasteiger partial charge in [0.1, 0.15) is 0 Å². The molecule has 0 aliphatic carbocycles. The molecule has 4 nitrogen and oxygen atoms in total. The average Bonchev–Trinajstić information content (AvgIpc) is 3.16. The lowest BCUT2D eigenvalue weighted by Gasteiger charge is -1.99. The van der Waals surface area contributed by atoms with E-state index in [0.717, 1.165) is 30.3 Å². The monoisotopic (exact) mass is 371 g/mol. The number of thioether (sulfide) groups is 1. The number of para-hydroxylation sites is 2. The highest BCUT2D eigenvalue weighted by molar-refractivity contribution is 8.01. The van der Waals surface area contributed by atoms with Crippen LogP contribution in [0.15, 0.2) is 46.8 Å². The highest BCUT2D eigenvalue weighted by atomic mass is 32.2. The molecule has 4 rings (SSSR count). The summed E-state index contributed by atoms with van der Waals surface area (Å²) in [5.74, 6) is 0.269. The van der Waals surface area contributed by atoms with Gasteiger partial charge in [0.15, 0.2) is 9.47 Å². The molecule has 4 aromatic rings. The lowest BCUT2D eigenvalue weighted by atomic mass is 10.2. The summed E-state index contributed by atoms with van der Waals surface area (Å²) in [5, 5.41) is 3.53. The Labute approximate surface area is 151 Å². The number of aromatic nitrogens is 2. The standard InChI is InChI=1S/C17H13N3OS3/c1-10-5-4-8-13-15(10)20-16(23-13)19-14(21)9-22-17-18-11-6-2-3-7-12(11)24-17/h2-8H,9H2,1H3,(H,19,20,21). The van der Waals surface area contributed by atoms with Crippen LogP contribution in [0.1, 0.15) is 5.56 Å². The van der Waals surface area contributed by atoms with Crippen LogP contribution in [0.5, 0.6) is 0 Å². The van der Waals surface area contributed by atoms with Crippen LogP contribution in [-0.2, 0) is 4.79 Å². The summed E-state index contributed by atoms with van der Waals surface area (Å²) in [5.41, 5.74) is 3.05. The van der Waals surface area contributed by atoms with Crippen molar-refractivity contribution >= 4 is 65.9 Å². The van der Waals surface area contributed by atoms with Crippen LogP contribution >= 0.6 is 34.4 Å². The summed E-state index contributed by atoms with van der Waals surface area (Å²) < 4.78 is 3.14. The molecule has 2 aromatic heterocycles. The molecule has 0 bridgehead atoms. The molecule has 1 amide bonds. The van der Waals surface area contributed by atoms with E-state index in [0.29, 0.717) is 10.9 Å². The van der Waals surface area contributed by atoms with E-state index < -0.39 is 0 Å². The fourth-order valence-electron chi connectivity index (χ4n) is 2.34. The molecule has 0 spiro atoms. The zero-order valence-electron chi connectivity index (χ0n) is 12.8. The van der Waals surface area contributed by atoms with Crippen molar-refractivity contribution in [3.63, 3.8) is 0 Å².